The van der Waals surface area contributed by atoms with Crippen molar-refractivity contribution in [3.05, 3.63) is 12.7 Å². The molecule has 0 rings (SSSR count). The maximum atomic E-state index is 5.28. The first-order valence-electron chi connectivity index (χ1n) is 2.54. The molecule has 0 spiro atoms. The summed E-state index contributed by atoms with van der Waals surface area (Å²) in [6.45, 7) is 7.93. The molecule has 7 heavy (non-hydrogen) atoms. The Morgan fingerprint density at radius 1 is 1.86 bits per heavy atom. The summed E-state index contributed by atoms with van der Waals surface area (Å²) < 4.78 is 0. The molecule has 41 valence electrons. The zero-order chi connectivity index (χ0) is 5.70. The van der Waals surface area contributed by atoms with Gasteiger partial charge in [-0.2, -0.15) is 0 Å². The topological polar surface area (TPSA) is 26.0 Å². The highest BCUT2D eigenvalue weighted by Gasteiger charge is 1.91. The van der Waals surface area contributed by atoms with Gasteiger partial charge in [0.15, 0.2) is 0 Å². The van der Waals surface area contributed by atoms with E-state index in [1.54, 1.807) is 6.08 Å². The first-order chi connectivity index (χ1) is 3.31. The van der Waals surface area contributed by atoms with Crippen LogP contribution in [0.5, 0.6) is 0 Å². The van der Waals surface area contributed by atoms with E-state index in [0.29, 0.717) is 5.92 Å². The highest BCUT2D eigenvalue weighted by molar-refractivity contribution is 4.67. The van der Waals surface area contributed by atoms with Crippen molar-refractivity contribution in [3.63, 3.8) is 0 Å². The van der Waals surface area contributed by atoms with Crippen molar-refractivity contribution in [2.45, 2.75) is 13.3 Å². The summed E-state index contributed by atoms with van der Waals surface area (Å²) in [5.41, 5.74) is 5.28. The van der Waals surface area contributed by atoms with Crippen molar-refractivity contribution in [1.82, 2.24) is 0 Å². The first-order valence-corrected chi connectivity index (χ1v) is 2.54. The maximum absolute atomic E-state index is 5.28. The number of allylic oxidation sites excluding steroid dienone is 1. The standard InChI is InChI=1S/C6H12N/c1-3-4-6(2)5-7/h1,3,6H,4-5,7H2,2H3. The minimum atomic E-state index is 0.546. The molecule has 0 bridgehead atoms. The second-order valence-electron chi connectivity index (χ2n) is 1.81. The molecule has 1 heteroatoms. The van der Waals surface area contributed by atoms with Gasteiger partial charge in [-0.05, 0) is 18.9 Å². The molecular weight excluding hydrogens is 86.1 g/mol. The molecule has 0 aromatic heterocycles. The molecule has 1 nitrogen and oxygen atoms in total. The largest absolute Gasteiger partial charge is 0.330 e. The molecule has 0 amide bonds. The Hall–Kier alpha value is -0.300. The average molecular weight is 98.2 g/mol. The molecule has 0 heterocycles. The lowest BCUT2D eigenvalue weighted by Crippen LogP contribution is -2.08. The fraction of sp³-hybridized carbons (Fsp3) is 0.667. The Morgan fingerprint density at radius 3 is 2.57 bits per heavy atom. The molecule has 1 radical (unpaired) electrons. The van der Waals surface area contributed by atoms with Gasteiger partial charge in [0.2, 0.25) is 0 Å². The summed E-state index contributed by atoms with van der Waals surface area (Å²) in [5, 5.41) is 0. The van der Waals surface area contributed by atoms with Crippen molar-refractivity contribution in [3.8, 4) is 0 Å². The zero-order valence-electron chi connectivity index (χ0n) is 4.72. The molecule has 0 saturated carbocycles. The van der Waals surface area contributed by atoms with Crippen molar-refractivity contribution >= 4 is 0 Å². The van der Waals surface area contributed by atoms with Crippen LogP contribution in [0.25, 0.3) is 0 Å². The summed E-state index contributed by atoms with van der Waals surface area (Å²) in [6.07, 6.45) is 2.58. The van der Waals surface area contributed by atoms with Gasteiger partial charge in [0.05, 0.1) is 0 Å². The van der Waals surface area contributed by atoms with Crippen LogP contribution in [0.2, 0.25) is 0 Å². The van der Waals surface area contributed by atoms with Crippen LogP contribution in [0.3, 0.4) is 0 Å². The lowest BCUT2D eigenvalue weighted by Gasteiger charge is -2.00. The summed E-state index contributed by atoms with van der Waals surface area (Å²) in [4.78, 5) is 0. The third-order valence-electron chi connectivity index (χ3n) is 0.941. The van der Waals surface area contributed by atoms with Crippen LogP contribution in [0, 0.1) is 12.5 Å². The minimum Gasteiger partial charge on any atom is -0.330 e. The molecule has 0 aliphatic carbocycles. The molecule has 0 aromatic carbocycles. The van der Waals surface area contributed by atoms with Crippen LogP contribution in [0.4, 0.5) is 0 Å². The van der Waals surface area contributed by atoms with Crippen molar-refractivity contribution < 1.29 is 0 Å². The molecule has 1 unspecified atom stereocenters. The van der Waals surface area contributed by atoms with Gasteiger partial charge >= 0.3 is 0 Å². The summed E-state index contributed by atoms with van der Waals surface area (Å²) in [5.74, 6) is 0.546. The Labute approximate surface area is 45.2 Å². The average Bonchev–Trinajstić information content (AvgIpc) is 1.68. The number of hydrogen-bond donors (Lipinski definition) is 1. The second kappa shape index (κ2) is 3.88. The minimum absolute atomic E-state index is 0.546. The van der Waals surface area contributed by atoms with E-state index in [4.69, 9.17) is 12.3 Å². The third kappa shape index (κ3) is 3.53. The van der Waals surface area contributed by atoms with Crippen LogP contribution < -0.4 is 5.73 Å². The molecule has 0 saturated heterocycles. The van der Waals surface area contributed by atoms with E-state index < -0.39 is 0 Å². The highest BCUT2D eigenvalue weighted by Crippen LogP contribution is 1.96. The Balaban J connectivity index is 2.98. The van der Waals surface area contributed by atoms with Crippen LogP contribution in [-0.2, 0) is 0 Å². The number of hydrogen-bond acceptors (Lipinski definition) is 1. The second-order valence-corrected chi connectivity index (χ2v) is 1.81. The fourth-order valence-electron chi connectivity index (χ4n) is 0.329. The van der Waals surface area contributed by atoms with Crippen LogP contribution in [-0.4, -0.2) is 6.54 Å². The van der Waals surface area contributed by atoms with Gasteiger partial charge in [-0.15, -0.1) is 0 Å². The van der Waals surface area contributed by atoms with Gasteiger partial charge in [-0.3, -0.25) is 0 Å². The highest BCUT2D eigenvalue weighted by atomic mass is 14.5. The molecule has 0 aliphatic heterocycles. The summed E-state index contributed by atoms with van der Waals surface area (Å²) in [6, 6.07) is 0. The Bertz CT molecular complexity index is 50.1. The van der Waals surface area contributed by atoms with E-state index >= 15 is 0 Å². The van der Waals surface area contributed by atoms with Gasteiger partial charge in [-0.25, -0.2) is 0 Å². The van der Waals surface area contributed by atoms with Gasteiger partial charge in [0.1, 0.15) is 0 Å². The van der Waals surface area contributed by atoms with E-state index in [9.17, 15) is 0 Å². The Morgan fingerprint density at radius 2 is 2.43 bits per heavy atom. The Kier molecular flexibility index (Phi) is 3.71. The number of rotatable bonds is 3. The molecule has 1 atom stereocenters. The van der Waals surface area contributed by atoms with Crippen molar-refractivity contribution in [2.75, 3.05) is 6.54 Å². The van der Waals surface area contributed by atoms with Crippen LogP contribution in [0.15, 0.2) is 6.08 Å². The lowest BCUT2D eigenvalue weighted by molar-refractivity contribution is 0.606. The predicted molar refractivity (Wildman–Crippen MR) is 31.7 cm³/mol. The van der Waals surface area contributed by atoms with E-state index in [2.05, 4.69) is 6.92 Å². The predicted octanol–water partition coefficient (Wildman–Crippen LogP) is 0.960. The third-order valence-corrected chi connectivity index (χ3v) is 0.941. The maximum Gasteiger partial charge on any atom is -0.00485 e. The van der Waals surface area contributed by atoms with E-state index in [1.165, 1.54) is 0 Å². The summed E-state index contributed by atoms with van der Waals surface area (Å²) >= 11 is 0. The van der Waals surface area contributed by atoms with Crippen molar-refractivity contribution in [1.29, 1.82) is 0 Å². The summed E-state index contributed by atoms with van der Waals surface area (Å²) in [7, 11) is 0. The zero-order valence-corrected chi connectivity index (χ0v) is 4.72. The van der Waals surface area contributed by atoms with E-state index in [1.807, 2.05) is 0 Å². The molecule has 0 fully saturated rings. The lowest BCUT2D eigenvalue weighted by atomic mass is 10.1. The number of nitrogens with two attached hydrogens (primary N) is 1. The SMILES string of the molecule is [CH]=CCC(C)CN. The quantitative estimate of drug-likeness (QED) is 0.559. The molecular formula is C6H12N. The molecule has 0 aromatic rings. The molecule has 0 aliphatic rings. The van der Waals surface area contributed by atoms with Gasteiger partial charge < -0.3 is 5.73 Å². The van der Waals surface area contributed by atoms with E-state index in [0.717, 1.165) is 13.0 Å². The van der Waals surface area contributed by atoms with Gasteiger partial charge in [0, 0.05) is 0 Å². The monoisotopic (exact) mass is 98.1 g/mol. The first kappa shape index (κ1) is 6.70. The van der Waals surface area contributed by atoms with Gasteiger partial charge in [-0.1, -0.05) is 19.6 Å². The van der Waals surface area contributed by atoms with E-state index in [-0.39, 0.29) is 0 Å². The van der Waals surface area contributed by atoms with Crippen molar-refractivity contribution in [2.24, 2.45) is 11.7 Å². The fourth-order valence-corrected chi connectivity index (χ4v) is 0.329. The smallest absolute Gasteiger partial charge is 0.00485 e. The van der Waals surface area contributed by atoms with Crippen LogP contribution in [0.1, 0.15) is 13.3 Å². The van der Waals surface area contributed by atoms with Crippen LogP contribution >= 0.6 is 0 Å². The molecule has 2 N–H and O–H groups in total. The normalized spacial score (nSPS) is 13.4. The van der Waals surface area contributed by atoms with Gasteiger partial charge in [0.25, 0.3) is 0 Å².